The van der Waals surface area contributed by atoms with Crippen LogP contribution in [0.15, 0.2) is 43.0 Å². The second-order valence-corrected chi connectivity index (χ2v) is 4.96. The van der Waals surface area contributed by atoms with E-state index in [0.717, 1.165) is 30.7 Å². The topological polar surface area (TPSA) is 47.0 Å². The third-order valence-electron chi connectivity index (χ3n) is 3.25. The molecule has 2 rings (SSSR count). The van der Waals surface area contributed by atoms with Crippen molar-refractivity contribution in [2.75, 3.05) is 13.2 Å². The highest BCUT2D eigenvalue weighted by Gasteiger charge is 2.13. The van der Waals surface area contributed by atoms with E-state index in [-0.39, 0.29) is 6.04 Å². The Kier molecular flexibility index (Phi) is 6.16. The third kappa shape index (κ3) is 4.83. The zero-order chi connectivity index (χ0) is 14.9. The first kappa shape index (κ1) is 15.4. The fourth-order valence-electron chi connectivity index (χ4n) is 2.25. The Morgan fingerprint density at radius 1 is 1.19 bits per heavy atom. The van der Waals surface area contributed by atoms with Gasteiger partial charge in [-0.05, 0) is 49.6 Å². The lowest BCUT2D eigenvalue weighted by molar-refractivity contribution is 0.337. The molecule has 112 valence electrons. The summed E-state index contributed by atoms with van der Waals surface area (Å²) in [7, 11) is 0. The zero-order valence-electron chi connectivity index (χ0n) is 12.7. The molecule has 1 N–H and O–H groups in total. The third-order valence-corrected chi connectivity index (χ3v) is 3.25. The second-order valence-electron chi connectivity index (χ2n) is 4.96. The highest BCUT2D eigenvalue weighted by Crippen LogP contribution is 2.21. The monoisotopic (exact) mass is 285 g/mol. The van der Waals surface area contributed by atoms with Gasteiger partial charge in [0.2, 0.25) is 0 Å². The number of nitrogens with one attached hydrogen (secondary N) is 1. The van der Waals surface area contributed by atoms with Crippen LogP contribution in [0.4, 0.5) is 0 Å². The predicted octanol–water partition coefficient (Wildman–Crippen LogP) is 3.16. The van der Waals surface area contributed by atoms with Crippen molar-refractivity contribution < 1.29 is 4.74 Å². The number of aromatic nitrogens is 2. The van der Waals surface area contributed by atoms with Gasteiger partial charge >= 0.3 is 0 Å². The van der Waals surface area contributed by atoms with Crippen LogP contribution in [-0.2, 0) is 6.42 Å². The van der Waals surface area contributed by atoms with Gasteiger partial charge in [-0.1, -0.05) is 13.0 Å². The molecule has 1 atom stereocenters. The van der Waals surface area contributed by atoms with Crippen molar-refractivity contribution in [3.05, 3.63) is 54.1 Å². The summed E-state index contributed by atoms with van der Waals surface area (Å²) in [4.78, 5) is 8.48. The Balaban J connectivity index is 2.16. The van der Waals surface area contributed by atoms with Gasteiger partial charge in [0.05, 0.1) is 12.8 Å². The highest BCUT2D eigenvalue weighted by atomic mass is 16.5. The molecule has 1 unspecified atom stereocenters. The molecular weight excluding hydrogens is 262 g/mol. The van der Waals surface area contributed by atoms with E-state index in [1.165, 1.54) is 5.56 Å². The van der Waals surface area contributed by atoms with Gasteiger partial charge in [0.25, 0.3) is 0 Å². The molecule has 0 aromatic carbocycles. The minimum atomic E-state index is 0.224. The molecule has 4 nitrogen and oxygen atoms in total. The zero-order valence-corrected chi connectivity index (χ0v) is 12.7. The fourth-order valence-corrected chi connectivity index (χ4v) is 2.25. The molecule has 0 amide bonds. The fraction of sp³-hybridized carbons (Fsp3) is 0.412. The summed E-state index contributed by atoms with van der Waals surface area (Å²) in [6.07, 6.45) is 9.38. The number of hydrogen-bond donors (Lipinski definition) is 1. The van der Waals surface area contributed by atoms with E-state index < -0.39 is 0 Å². The van der Waals surface area contributed by atoms with E-state index in [2.05, 4.69) is 34.3 Å². The molecule has 2 aromatic heterocycles. The van der Waals surface area contributed by atoms with Crippen molar-refractivity contribution in [1.29, 1.82) is 0 Å². The quantitative estimate of drug-likeness (QED) is 0.809. The molecule has 21 heavy (non-hydrogen) atoms. The van der Waals surface area contributed by atoms with Gasteiger partial charge < -0.3 is 10.1 Å². The largest absolute Gasteiger partial charge is 0.492 e. The summed E-state index contributed by atoms with van der Waals surface area (Å²) in [5.41, 5.74) is 2.37. The first-order chi connectivity index (χ1) is 10.3. The van der Waals surface area contributed by atoms with E-state index in [9.17, 15) is 0 Å². The van der Waals surface area contributed by atoms with Gasteiger partial charge in [-0.25, -0.2) is 0 Å². The Morgan fingerprint density at radius 3 is 2.81 bits per heavy atom. The van der Waals surface area contributed by atoms with Crippen molar-refractivity contribution in [1.82, 2.24) is 15.3 Å². The molecule has 2 heterocycles. The number of ether oxygens (including phenoxy) is 1. The highest BCUT2D eigenvalue weighted by molar-refractivity contribution is 5.27. The molecule has 0 fully saturated rings. The minimum Gasteiger partial charge on any atom is -0.492 e. The average Bonchev–Trinajstić information content (AvgIpc) is 2.53. The van der Waals surface area contributed by atoms with E-state index in [0.29, 0.717) is 6.61 Å². The van der Waals surface area contributed by atoms with Gasteiger partial charge in [0, 0.05) is 24.6 Å². The SMILES string of the molecule is CCCNC(Cc1cccnc1)c1cncc(OCC)c1. The van der Waals surface area contributed by atoms with Crippen LogP contribution >= 0.6 is 0 Å². The maximum atomic E-state index is 5.55. The summed E-state index contributed by atoms with van der Waals surface area (Å²) in [6.45, 7) is 5.78. The first-order valence-electron chi connectivity index (χ1n) is 7.53. The average molecular weight is 285 g/mol. The number of rotatable bonds is 8. The molecule has 0 radical (unpaired) electrons. The molecule has 0 bridgehead atoms. The van der Waals surface area contributed by atoms with Crippen LogP contribution in [0, 0.1) is 0 Å². The lowest BCUT2D eigenvalue weighted by Gasteiger charge is -2.19. The lowest BCUT2D eigenvalue weighted by atomic mass is 10.0. The van der Waals surface area contributed by atoms with Crippen molar-refractivity contribution in [3.8, 4) is 5.75 Å². The van der Waals surface area contributed by atoms with Crippen LogP contribution in [-0.4, -0.2) is 23.1 Å². The molecule has 2 aromatic rings. The standard InChI is InChI=1S/C17H23N3O/c1-3-7-20-17(9-14-6-5-8-18-11-14)15-10-16(21-4-2)13-19-12-15/h5-6,8,10-13,17,20H,3-4,7,9H2,1-2H3. The molecule has 0 aliphatic heterocycles. The van der Waals surface area contributed by atoms with E-state index in [1.807, 2.05) is 25.4 Å². The van der Waals surface area contributed by atoms with Crippen molar-refractivity contribution in [3.63, 3.8) is 0 Å². The molecule has 0 saturated heterocycles. The Bertz CT molecular complexity index is 531. The van der Waals surface area contributed by atoms with Crippen LogP contribution in [0.3, 0.4) is 0 Å². The first-order valence-corrected chi connectivity index (χ1v) is 7.53. The normalized spacial score (nSPS) is 12.1. The smallest absolute Gasteiger partial charge is 0.137 e. The van der Waals surface area contributed by atoms with Crippen LogP contribution < -0.4 is 10.1 Å². The van der Waals surface area contributed by atoms with Crippen LogP contribution in [0.1, 0.15) is 37.4 Å². The molecule has 0 saturated carbocycles. The maximum Gasteiger partial charge on any atom is 0.137 e. The van der Waals surface area contributed by atoms with Crippen molar-refractivity contribution >= 4 is 0 Å². The number of nitrogens with zero attached hydrogens (tertiary/aromatic N) is 2. The van der Waals surface area contributed by atoms with Crippen molar-refractivity contribution in [2.24, 2.45) is 0 Å². The Labute approximate surface area is 126 Å². The van der Waals surface area contributed by atoms with Crippen LogP contribution in [0.2, 0.25) is 0 Å². The van der Waals surface area contributed by atoms with Crippen LogP contribution in [0.25, 0.3) is 0 Å². The minimum absolute atomic E-state index is 0.224. The molecular formula is C17H23N3O. The second kappa shape index (κ2) is 8.37. The molecule has 0 aliphatic rings. The lowest BCUT2D eigenvalue weighted by Crippen LogP contribution is -2.24. The van der Waals surface area contributed by atoms with E-state index in [4.69, 9.17) is 4.74 Å². The number of hydrogen-bond acceptors (Lipinski definition) is 4. The van der Waals surface area contributed by atoms with E-state index >= 15 is 0 Å². The van der Waals surface area contributed by atoms with Crippen LogP contribution in [0.5, 0.6) is 5.75 Å². The predicted molar refractivity (Wildman–Crippen MR) is 84.4 cm³/mol. The maximum absolute atomic E-state index is 5.55. The Hall–Kier alpha value is -1.94. The summed E-state index contributed by atoms with van der Waals surface area (Å²) in [6, 6.07) is 6.37. The molecule has 4 heteroatoms. The summed E-state index contributed by atoms with van der Waals surface area (Å²) >= 11 is 0. The molecule has 0 aliphatic carbocycles. The van der Waals surface area contributed by atoms with Gasteiger partial charge in [-0.15, -0.1) is 0 Å². The van der Waals surface area contributed by atoms with E-state index in [1.54, 1.807) is 12.4 Å². The van der Waals surface area contributed by atoms with Gasteiger partial charge in [0.15, 0.2) is 0 Å². The number of pyridine rings is 2. The van der Waals surface area contributed by atoms with Gasteiger partial charge in [-0.2, -0.15) is 0 Å². The Morgan fingerprint density at radius 2 is 2.10 bits per heavy atom. The summed E-state index contributed by atoms with van der Waals surface area (Å²) in [5, 5.41) is 3.58. The molecule has 0 spiro atoms. The summed E-state index contributed by atoms with van der Waals surface area (Å²) < 4.78 is 5.55. The van der Waals surface area contributed by atoms with Gasteiger partial charge in [-0.3, -0.25) is 9.97 Å². The van der Waals surface area contributed by atoms with Gasteiger partial charge in [0.1, 0.15) is 5.75 Å². The summed E-state index contributed by atoms with van der Waals surface area (Å²) in [5.74, 6) is 0.824. The van der Waals surface area contributed by atoms with Crippen molar-refractivity contribution in [2.45, 2.75) is 32.7 Å².